The Bertz CT molecular complexity index is 1480. The molecular weight excluding hydrogens is 443 g/mol. The first-order chi connectivity index (χ1) is 16.4. The lowest BCUT2D eigenvalue weighted by Crippen LogP contribution is -2.14. The van der Waals surface area contributed by atoms with Crippen molar-refractivity contribution in [2.24, 2.45) is 0 Å². The second kappa shape index (κ2) is 8.41. The predicted octanol–water partition coefficient (Wildman–Crippen LogP) is 7.30. The highest BCUT2D eigenvalue weighted by Gasteiger charge is 2.31. The van der Waals surface area contributed by atoms with E-state index in [4.69, 9.17) is 9.15 Å². The topological polar surface area (TPSA) is 44.4 Å². The molecule has 0 spiro atoms. The Morgan fingerprint density at radius 2 is 1.74 bits per heavy atom. The molecule has 4 nitrogen and oxygen atoms in total. The van der Waals surface area contributed by atoms with Crippen LogP contribution in [0.15, 0.2) is 83.3 Å². The third-order valence-corrected chi connectivity index (χ3v) is 5.71. The van der Waals surface area contributed by atoms with Gasteiger partial charge >= 0.3 is 12.1 Å². The fourth-order valence-electron chi connectivity index (χ4n) is 4.26. The zero-order chi connectivity index (χ0) is 23.9. The van der Waals surface area contributed by atoms with Crippen molar-refractivity contribution in [1.82, 2.24) is 4.57 Å². The van der Waals surface area contributed by atoms with Crippen molar-refractivity contribution in [3.8, 4) is 11.3 Å². The van der Waals surface area contributed by atoms with Crippen molar-refractivity contribution in [2.75, 3.05) is 6.61 Å². The van der Waals surface area contributed by atoms with Crippen LogP contribution in [0.1, 0.15) is 28.5 Å². The fraction of sp³-hybridized carbons (Fsp3) is 0.148. The second-order valence-electron chi connectivity index (χ2n) is 7.89. The third kappa shape index (κ3) is 3.83. The number of carbonyl (C=O) groups is 1. The Morgan fingerprint density at radius 1 is 0.971 bits per heavy atom. The molecule has 0 aliphatic rings. The fourth-order valence-corrected chi connectivity index (χ4v) is 4.26. The maximum Gasteiger partial charge on any atom is 0.416 e. The number of hydrogen-bond donors (Lipinski definition) is 0. The summed E-state index contributed by atoms with van der Waals surface area (Å²) in [6, 6.07) is 21.8. The smallest absolute Gasteiger partial charge is 0.416 e. The average molecular weight is 463 g/mol. The molecule has 0 saturated heterocycles. The van der Waals surface area contributed by atoms with Gasteiger partial charge in [-0.3, -0.25) is 0 Å². The molecule has 0 unspecified atom stereocenters. The van der Waals surface area contributed by atoms with Gasteiger partial charge in [-0.15, -0.1) is 0 Å². The van der Waals surface area contributed by atoms with Gasteiger partial charge in [0, 0.05) is 22.8 Å². The summed E-state index contributed by atoms with van der Waals surface area (Å²) in [5.41, 5.74) is 1.83. The van der Waals surface area contributed by atoms with Crippen LogP contribution in [0.5, 0.6) is 0 Å². The van der Waals surface area contributed by atoms with Gasteiger partial charge < -0.3 is 13.7 Å². The third-order valence-electron chi connectivity index (χ3n) is 5.71. The molecule has 0 aliphatic heterocycles. The maximum atomic E-state index is 13.3. The van der Waals surface area contributed by atoms with E-state index < -0.39 is 17.7 Å². The Labute approximate surface area is 193 Å². The van der Waals surface area contributed by atoms with Crippen LogP contribution in [0.3, 0.4) is 0 Å². The number of carbonyl (C=O) groups excluding carboxylic acids is 1. The average Bonchev–Trinajstić information content (AvgIpc) is 3.38. The lowest BCUT2D eigenvalue weighted by atomic mass is 10.1. The van der Waals surface area contributed by atoms with Crippen LogP contribution in [-0.4, -0.2) is 17.1 Å². The molecule has 0 N–H and O–H groups in total. The van der Waals surface area contributed by atoms with Gasteiger partial charge in [-0.05, 0) is 42.8 Å². The zero-order valence-corrected chi connectivity index (χ0v) is 18.2. The van der Waals surface area contributed by atoms with Gasteiger partial charge in [0.1, 0.15) is 17.0 Å². The lowest BCUT2D eigenvalue weighted by Gasteiger charge is -2.13. The minimum absolute atomic E-state index is 0.0544. The number of alkyl halides is 3. The zero-order valence-electron chi connectivity index (χ0n) is 18.2. The Kier molecular flexibility index (Phi) is 5.40. The van der Waals surface area contributed by atoms with E-state index in [1.54, 1.807) is 17.6 Å². The molecule has 0 fully saturated rings. The SMILES string of the molecule is CCOC(=O)c1c(-c2cc3ccccc3o2)c2ccccc2n1Cc1cccc(C(F)(F)F)c1. The van der Waals surface area contributed by atoms with Crippen molar-refractivity contribution in [3.63, 3.8) is 0 Å². The van der Waals surface area contributed by atoms with Crippen LogP contribution in [-0.2, 0) is 17.5 Å². The van der Waals surface area contributed by atoms with Crippen LogP contribution in [0.2, 0.25) is 0 Å². The molecule has 2 heterocycles. The molecule has 3 aromatic carbocycles. The molecule has 0 amide bonds. The van der Waals surface area contributed by atoms with Crippen molar-refractivity contribution < 1.29 is 27.1 Å². The second-order valence-corrected chi connectivity index (χ2v) is 7.89. The summed E-state index contributed by atoms with van der Waals surface area (Å²) in [6.45, 7) is 1.92. The molecule has 34 heavy (non-hydrogen) atoms. The Balaban J connectivity index is 1.75. The summed E-state index contributed by atoms with van der Waals surface area (Å²) in [7, 11) is 0. The number of esters is 1. The number of furan rings is 1. The van der Waals surface area contributed by atoms with E-state index in [2.05, 4.69) is 0 Å². The number of fused-ring (bicyclic) bond motifs is 2. The van der Waals surface area contributed by atoms with Crippen LogP contribution in [0.4, 0.5) is 13.2 Å². The summed E-state index contributed by atoms with van der Waals surface area (Å²) in [5, 5.41) is 1.62. The number of benzene rings is 3. The Hall–Kier alpha value is -4.00. The van der Waals surface area contributed by atoms with E-state index in [1.807, 2.05) is 54.6 Å². The van der Waals surface area contributed by atoms with Gasteiger partial charge in [0.05, 0.1) is 17.7 Å². The first-order valence-corrected chi connectivity index (χ1v) is 10.8. The number of aromatic nitrogens is 1. The standard InChI is InChI=1S/C27H20F3NO3/c1-2-33-26(32)25-24(23-15-18-9-3-6-13-22(18)34-23)20-11-4-5-12-21(20)31(25)16-17-8-7-10-19(14-17)27(28,29)30/h3-15H,2,16H2,1H3. The normalized spacial score (nSPS) is 11.9. The van der Waals surface area contributed by atoms with Gasteiger partial charge in [0.2, 0.25) is 0 Å². The Morgan fingerprint density at radius 3 is 2.50 bits per heavy atom. The van der Waals surface area contributed by atoms with Gasteiger partial charge in [0.25, 0.3) is 0 Å². The molecule has 172 valence electrons. The van der Waals surface area contributed by atoms with E-state index >= 15 is 0 Å². The van der Waals surface area contributed by atoms with E-state index in [9.17, 15) is 18.0 Å². The minimum Gasteiger partial charge on any atom is -0.461 e. The molecule has 0 aliphatic carbocycles. The summed E-state index contributed by atoms with van der Waals surface area (Å²) in [6.07, 6.45) is -4.46. The van der Waals surface area contributed by atoms with Gasteiger partial charge in [-0.2, -0.15) is 13.2 Å². The molecule has 7 heteroatoms. The first kappa shape index (κ1) is 21.8. The largest absolute Gasteiger partial charge is 0.461 e. The van der Waals surface area contributed by atoms with E-state index in [0.717, 1.165) is 22.9 Å². The highest BCUT2D eigenvalue weighted by molar-refractivity contribution is 6.08. The molecule has 0 radical (unpaired) electrons. The molecule has 2 aromatic heterocycles. The van der Waals surface area contributed by atoms with Crippen LogP contribution >= 0.6 is 0 Å². The highest BCUT2D eigenvalue weighted by atomic mass is 19.4. The number of nitrogens with zero attached hydrogens (tertiary/aromatic N) is 1. The van der Waals surface area contributed by atoms with Crippen LogP contribution in [0, 0.1) is 0 Å². The van der Waals surface area contributed by atoms with Crippen LogP contribution in [0.25, 0.3) is 33.2 Å². The van der Waals surface area contributed by atoms with E-state index in [-0.39, 0.29) is 18.8 Å². The van der Waals surface area contributed by atoms with Crippen molar-refractivity contribution in [1.29, 1.82) is 0 Å². The summed E-state index contributed by atoms with van der Waals surface area (Å²) in [4.78, 5) is 13.2. The van der Waals surface area contributed by atoms with Gasteiger partial charge in [0.15, 0.2) is 0 Å². The van der Waals surface area contributed by atoms with Gasteiger partial charge in [-0.25, -0.2) is 4.79 Å². The van der Waals surface area contributed by atoms with E-state index in [1.165, 1.54) is 6.07 Å². The summed E-state index contributed by atoms with van der Waals surface area (Å²) < 4.78 is 53.1. The number of rotatable bonds is 5. The number of halogens is 3. The molecule has 5 aromatic rings. The number of para-hydroxylation sites is 2. The summed E-state index contributed by atoms with van der Waals surface area (Å²) in [5.74, 6) is -0.0793. The minimum atomic E-state index is -4.46. The van der Waals surface area contributed by atoms with Gasteiger partial charge in [-0.1, -0.05) is 48.5 Å². The quantitative estimate of drug-likeness (QED) is 0.257. The first-order valence-electron chi connectivity index (χ1n) is 10.8. The van der Waals surface area contributed by atoms with Crippen LogP contribution < -0.4 is 0 Å². The number of hydrogen-bond acceptors (Lipinski definition) is 3. The molecule has 5 rings (SSSR count). The molecular formula is C27H20F3NO3. The maximum absolute atomic E-state index is 13.3. The monoisotopic (exact) mass is 463 g/mol. The predicted molar refractivity (Wildman–Crippen MR) is 124 cm³/mol. The summed E-state index contributed by atoms with van der Waals surface area (Å²) >= 11 is 0. The lowest BCUT2D eigenvalue weighted by molar-refractivity contribution is -0.137. The number of ether oxygens (including phenoxy) is 1. The molecule has 0 atom stereocenters. The van der Waals surface area contributed by atoms with Crippen molar-refractivity contribution >= 4 is 27.8 Å². The molecule has 0 saturated carbocycles. The van der Waals surface area contributed by atoms with Crippen molar-refractivity contribution in [3.05, 3.63) is 95.7 Å². The van der Waals surface area contributed by atoms with Crippen molar-refractivity contribution in [2.45, 2.75) is 19.6 Å². The molecule has 0 bridgehead atoms. The highest BCUT2D eigenvalue weighted by Crippen LogP contribution is 2.39. The van der Waals surface area contributed by atoms with E-state index in [0.29, 0.717) is 28.0 Å².